The Hall–Kier alpha value is -2.99. The third-order valence-corrected chi connectivity index (χ3v) is 7.05. The van der Waals surface area contributed by atoms with E-state index >= 15 is 0 Å². The summed E-state index contributed by atoms with van der Waals surface area (Å²) in [5.41, 5.74) is 13.4. The fraction of sp³-hybridized carbons (Fsp3) is 0.385. The standard InChI is InChI=1S/C26H30FN5/c1-3-16-10-15(2)21(27)12-20(16)17-8-9-19(22(28)11-17)25(29)26-30-23-13-32(14-24(23)31-26)18-6-4-5-7-18/h8-12,18,29H,3-7,13-14,28H2,1-2H3,(H,30,31). The average Bonchev–Trinajstić information content (AvgIpc) is 3.51. The van der Waals surface area contributed by atoms with Crippen molar-refractivity contribution in [3.05, 3.63) is 70.1 Å². The average molecular weight is 432 g/mol. The maximum Gasteiger partial charge on any atom is 0.156 e. The van der Waals surface area contributed by atoms with Crippen LogP contribution in [0, 0.1) is 18.2 Å². The number of aromatic nitrogens is 2. The van der Waals surface area contributed by atoms with Gasteiger partial charge in [-0.05, 0) is 60.6 Å². The Kier molecular flexibility index (Phi) is 5.33. The van der Waals surface area contributed by atoms with E-state index in [-0.39, 0.29) is 5.82 Å². The van der Waals surface area contributed by atoms with Gasteiger partial charge in [0, 0.05) is 30.4 Å². The van der Waals surface area contributed by atoms with Gasteiger partial charge in [0.05, 0.1) is 11.4 Å². The lowest BCUT2D eigenvalue weighted by atomic mass is 9.94. The van der Waals surface area contributed by atoms with Gasteiger partial charge in [-0.2, -0.15) is 0 Å². The number of aromatic amines is 1. The predicted octanol–water partition coefficient (Wildman–Crippen LogP) is 5.34. The number of hydrogen-bond acceptors (Lipinski definition) is 4. The van der Waals surface area contributed by atoms with Crippen LogP contribution >= 0.6 is 0 Å². The number of anilines is 1. The molecule has 1 fully saturated rings. The number of aryl methyl sites for hydroxylation is 2. The third-order valence-electron chi connectivity index (χ3n) is 7.05. The molecule has 0 amide bonds. The van der Waals surface area contributed by atoms with Crippen molar-refractivity contribution in [2.75, 3.05) is 5.73 Å². The molecule has 2 aromatic carbocycles. The highest BCUT2D eigenvalue weighted by Gasteiger charge is 2.31. The molecule has 5 nitrogen and oxygen atoms in total. The molecule has 1 aliphatic carbocycles. The van der Waals surface area contributed by atoms with E-state index in [4.69, 9.17) is 16.1 Å². The van der Waals surface area contributed by atoms with Crippen molar-refractivity contribution >= 4 is 11.4 Å². The van der Waals surface area contributed by atoms with Crippen molar-refractivity contribution in [1.82, 2.24) is 14.9 Å². The molecule has 32 heavy (non-hydrogen) atoms. The van der Waals surface area contributed by atoms with Gasteiger partial charge in [0.2, 0.25) is 0 Å². The fourth-order valence-electron chi connectivity index (χ4n) is 5.19. The molecule has 1 aromatic heterocycles. The van der Waals surface area contributed by atoms with Crippen LogP contribution in [0.4, 0.5) is 10.1 Å². The molecule has 0 spiro atoms. The van der Waals surface area contributed by atoms with Crippen LogP contribution in [0.25, 0.3) is 11.1 Å². The topological polar surface area (TPSA) is 81.8 Å². The summed E-state index contributed by atoms with van der Waals surface area (Å²) in [7, 11) is 0. The number of nitrogens with zero attached hydrogens (tertiary/aromatic N) is 2. The number of nitrogen functional groups attached to an aromatic ring is 1. The van der Waals surface area contributed by atoms with Crippen LogP contribution in [0.3, 0.4) is 0 Å². The van der Waals surface area contributed by atoms with E-state index in [0.29, 0.717) is 34.4 Å². The number of H-pyrrole nitrogens is 1. The molecule has 5 rings (SSSR count). The molecule has 0 atom stereocenters. The zero-order valence-corrected chi connectivity index (χ0v) is 18.8. The maximum absolute atomic E-state index is 14.2. The van der Waals surface area contributed by atoms with Gasteiger partial charge in [0.1, 0.15) is 11.5 Å². The lowest BCUT2D eigenvalue weighted by Crippen LogP contribution is -2.28. The van der Waals surface area contributed by atoms with E-state index in [1.54, 1.807) is 13.0 Å². The Morgan fingerprint density at radius 1 is 1.22 bits per heavy atom. The quantitative estimate of drug-likeness (QED) is 0.377. The first-order valence-electron chi connectivity index (χ1n) is 11.5. The number of benzene rings is 2. The molecule has 2 aliphatic rings. The van der Waals surface area contributed by atoms with Gasteiger partial charge in [0.15, 0.2) is 5.82 Å². The smallest absolute Gasteiger partial charge is 0.156 e. The van der Waals surface area contributed by atoms with Gasteiger partial charge in [-0.25, -0.2) is 9.37 Å². The summed E-state index contributed by atoms with van der Waals surface area (Å²) >= 11 is 0. The van der Waals surface area contributed by atoms with Crippen LogP contribution in [-0.4, -0.2) is 26.6 Å². The number of hydrogen-bond donors (Lipinski definition) is 3. The van der Waals surface area contributed by atoms with E-state index in [1.807, 2.05) is 24.3 Å². The molecule has 0 saturated heterocycles. The van der Waals surface area contributed by atoms with Crippen LogP contribution in [0.5, 0.6) is 0 Å². The number of imidazole rings is 1. The summed E-state index contributed by atoms with van der Waals surface area (Å²) in [6, 6.07) is 9.76. The SMILES string of the molecule is CCc1cc(C)c(F)cc1-c1ccc(C(=N)c2nc3c([nH]2)CN(C2CCCC2)C3)c(N)c1. The highest BCUT2D eigenvalue weighted by atomic mass is 19.1. The van der Waals surface area contributed by atoms with Crippen molar-refractivity contribution in [3.63, 3.8) is 0 Å². The largest absolute Gasteiger partial charge is 0.398 e. The molecule has 0 bridgehead atoms. The van der Waals surface area contributed by atoms with E-state index in [2.05, 4.69) is 16.8 Å². The molecule has 166 valence electrons. The Balaban J connectivity index is 1.39. The van der Waals surface area contributed by atoms with Gasteiger partial charge in [0.25, 0.3) is 0 Å². The van der Waals surface area contributed by atoms with Crippen molar-refractivity contribution < 1.29 is 4.39 Å². The number of nitrogens with two attached hydrogens (primary N) is 1. The first-order chi connectivity index (χ1) is 15.4. The van der Waals surface area contributed by atoms with Crippen LogP contribution in [-0.2, 0) is 19.5 Å². The summed E-state index contributed by atoms with van der Waals surface area (Å²) < 4.78 is 14.2. The zero-order valence-electron chi connectivity index (χ0n) is 18.8. The Bertz CT molecular complexity index is 1170. The molecule has 1 aliphatic heterocycles. The molecular weight excluding hydrogens is 401 g/mol. The molecule has 3 aromatic rings. The first-order valence-corrected chi connectivity index (χ1v) is 11.5. The van der Waals surface area contributed by atoms with E-state index in [0.717, 1.165) is 47.6 Å². The van der Waals surface area contributed by atoms with E-state index < -0.39 is 0 Å². The van der Waals surface area contributed by atoms with Crippen LogP contribution in [0.1, 0.15) is 66.5 Å². The molecular formula is C26H30FN5. The van der Waals surface area contributed by atoms with Crippen LogP contribution in [0.2, 0.25) is 0 Å². The zero-order chi connectivity index (χ0) is 22.4. The van der Waals surface area contributed by atoms with Gasteiger partial charge in [-0.15, -0.1) is 0 Å². The summed E-state index contributed by atoms with van der Waals surface area (Å²) in [6.45, 7) is 5.59. The van der Waals surface area contributed by atoms with Gasteiger partial charge in [-0.1, -0.05) is 38.0 Å². The summed E-state index contributed by atoms with van der Waals surface area (Å²) in [4.78, 5) is 10.6. The van der Waals surface area contributed by atoms with E-state index in [9.17, 15) is 4.39 Å². The molecule has 2 heterocycles. The number of fused-ring (bicyclic) bond motifs is 1. The molecule has 1 saturated carbocycles. The Morgan fingerprint density at radius 2 is 2.00 bits per heavy atom. The minimum Gasteiger partial charge on any atom is -0.398 e. The molecule has 6 heteroatoms. The normalized spacial score (nSPS) is 16.6. The maximum atomic E-state index is 14.2. The molecule has 0 unspecified atom stereocenters. The molecule has 0 radical (unpaired) electrons. The second-order valence-corrected chi connectivity index (χ2v) is 9.14. The van der Waals surface area contributed by atoms with Gasteiger partial charge in [-0.3, -0.25) is 10.3 Å². The monoisotopic (exact) mass is 431 g/mol. The van der Waals surface area contributed by atoms with Crippen molar-refractivity contribution in [1.29, 1.82) is 5.41 Å². The Labute approximate surface area is 188 Å². The third kappa shape index (κ3) is 3.62. The van der Waals surface area contributed by atoms with Gasteiger partial charge < -0.3 is 10.7 Å². The minimum atomic E-state index is -0.218. The lowest BCUT2D eigenvalue weighted by Gasteiger charge is -2.22. The summed E-state index contributed by atoms with van der Waals surface area (Å²) in [5, 5.41) is 8.71. The predicted molar refractivity (Wildman–Crippen MR) is 126 cm³/mol. The molecule has 4 N–H and O–H groups in total. The first kappa shape index (κ1) is 20.9. The van der Waals surface area contributed by atoms with Crippen LogP contribution in [0.15, 0.2) is 30.3 Å². The van der Waals surface area contributed by atoms with Crippen molar-refractivity contribution in [2.45, 2.75) is 65.1 Å². The van der Waals surface area contributed by atoms with E-state index in [1.165, 1.54) is 25.7 Å². The lowest BCUT2D eigenvalue weighted by molar-refractivity contribution is 0.199. The van der Waals surface area contributed by atoms with Crippen molar-refractivity contribution in [2.24, 2.45) is 0 Å². The second-order valence-electron chi connectivity index (χ2n) is 9.14. The highest BCUT2D eigenvalue weighted by molar-refractivity contribution is 6.12. The minimum absolute atomic E-state index is 0.218. The Morgan fingerprint density at radius 3 is 2.69 bits per heavy atom. The highest BCUT2D eigenvalue weighted by Crippen LogP contribution is 2.32. The summed E-state index contributed by atoms with van der Waals surface area (Å²) in [6.07, 6.45) is 6.01. The van der Waals surface area contributed by atoms with Crippen molar-refractivity contribution in [3.8, 4) is 11.1 Å². The number of halogens is 1. The second kappa shape index (κ2) is 8.17. The summed E-state index contributed by atoms with van der Waals surface area (Å²) in [5.74, 6) is 0.348. The fourth-order valence-corrected chi connectivity index (χ4v) is 5.19. The van der Waals surface area contributed by atoms with Gasteiger partial charge >= 0.3 is 0 Å². The van der Waals surface area contributed by atoms with Crippen LogP contribution < -0.4 is 5.73 Å². The number of rotatable bonds is 5. The number of nitrogens with one attached hydrogen (secondary N) is 2.